The van der Waals surface area contributed by atoms with Crippen LogP contribution >= 0.6 is 0 Å². The number of ether oxygens (including phenoxy) is 1. The van der Waals surface area contributed by atoms with E-state index in [0.29, 0.717) is 24.9 Å². The van der Waals surface area contributed by atoms with Crippen LogP contribution in [0.4, 0.5) is 0 Å². The molecule has 1 atom stereocenters. The molecule has 0 aromatic rings. The van der Waals surface area contributed by atoms with Crippen molar-refractivity contribution in [3.05, 3.63) is 0 Å². The summed E-state index contributed by atoms with van der Waals surface area (Å²) < 4.78 is 4.95. The molecule has 1 N–H and O–H groups in total. The summed E-state index contributed by atoms with van der Waals surface area (Å²) in [6.45, 7) is 3.52. The fraction of sp³-hybridized carbons (Fsp3) is 0.909. The van der Waals surface area contributed by atoms with E-state index in [2.05, 4.69) is 5.32 Å². The van der Waals surface area contributed by atoms with E-state index in [1.54, 1.807) is 7.11 Å². The number of nitrogens with one attached hydrogen (secondary N) is 1. The molecule has 0 aliphatic heterocycles. The predicted molar refractivity (Wildman–Crippen MR) is 56.3 cm³/mol. The summed E-state index contributed by atoms with van der Waals surface area (Å²) in [5.41, 5.74) is 0. The van der Waals surface area contributed by atoms with Crippen molar-refractivity contribution < 1.29 is 9.53 Å². The van der Waals surface area contributed by atoms with Gasteiger partial charge in [-0.2, -0.15) is 0 Å². The van der Waals surface area contributed by atoms with E-state index in [-0.39, 0.29) is 5.92 Å². The van der Waals surface area contributed by atoms with Crippen LogP contribution in [-0.4, -0.2) is 32.1 Å². The maximum Gasteiger partial charge on any atom is 0.137 e. The second kappa shape index (κ2) is 6.14. The Bertz CT molecular complexity index is 178. The number of methoxy groups -OCH3 is 1. The summed E-state index contributed by atoms with van der Waals surface area (Å²) in [6.07, 6.45) is 4.08. The number of hydrogen-bond donors (Lipinski definition) is 1. The molecule has 0 bridgehead atoms. The zero-order valence-electron chi connectivity index (χ0n) is 9.21. The van der Waals surface area contributed by atoms with Crippen molar-refractivity contribution in [1.29, 1.82) is 0 Å². The van der Waals surface area contributed by atoms with Gasteiger partial charge in [-0.3, -0.25) is 4.79 Å². The van der Waals surface area contributed by atoms with Crippen LogP contribution in [0.5, 0.6) is 0 Å². The molecular formula is C11H21NO2. The Morgan fingerprint density at radius 2 is 2.29 bits per heavy atom. The van der Waals surface area contributed by atoms with Gasteiger partial charge in [0.25, 0.3) is 0 Å². The molecule has 0 aromatic carbocycles. The highest BCUT2D eigenvalue weighted by Gasteiger charge is 2.20. The summed E-state index contributed by atoms with van der Waals surface area (Å²) in [5.74, 6) is 0.506. The van der Waals surface area contributed by atoms with Crippen molar-refractivity contribution in [2.45, 2.75) is 38.6 Å². The van der Waals surface area contributed by atoms with Crippen LogP contribution in [0.25, 0.3) is 0 Å². The van der Waals surface area contributed by atoms with Gasteiger partial charge in [-0.25, -0.2) is 0 Å². The molecule has 1 fully saturated rings. The molecule has 0 saturated heterocycles. The van der Waals surface area contributed by atoms with Gasteiger partial charge in [0, 0.05) is 38.6 Å². The lowest BCUT2D eigenvalue weighted by molar-refractivity contribution is -0.122. The summed E-state index contributed by atoms with van der Waals surface area (Å²) in [7, 11) is 1.67. The van der Waals surface area contributed by atoms with E-state index in [1.165, 1.54) is 12.8 Å². The fourth-order valence-electron chi connectivity index (χ4n) is 1.39. The van der Waals surface area contributed by atoms with Crippen molar-refractivity contribution in [2.75, 3.05) is 20.3 Å². The molecule has 1 unspecified atom stereocenters. The molecule has 82 valence electrons. The number of carbonyl (C=O) groups is 1. The van der Waals surface area contributed by atoms with Gasteiger partial charge in [0.05, 0.1) is 0 Å². The van der Waals surface area contributed by atoms with E-state index < -0.39 is 0 Å². The van der Waals surface area contributed by atoms with Crippen LogP contribution in [0.2, 0.25) is 0 Å². The van der Waals surface area contributed by atoms with Gasteiger partial charge >= 0.3 is 0 Å². The number of hydrogen-bond acceptors (Lipinski definition) is 3. The van der Waals surface area contributed by atoms with Crippen LogP contribution < -0.4 is 5.32 Å². The minimum absolute atomic E-state index is 0.149. The van der Waals surface area contributed by atoms with Crippen molar-refractivity contribution in [2.24, 2.45) is 5.92 Å². The first kappa shape index (κ1) is 11.7. The highest BCUT2D eigenvalue weighted by molar-refractivity contribution is 5.80. The van der Waals surface area contributed by atoms with Crippen molar-refractivity contribution in [1.82, 2.24) is 5.32 Å². The monoisotopic (exact) mass is 199 g/mol. The summed E-state index contributed by atoms with van der Waals surface area (Å²) >= 11 is 0. The lowest BCUT2D eigenvalue weighted by Crippen LogP contribution is -2.23. The molecule has 14 heavy (non-hydrogen) atoms. The van der Waals surface area contributed by atoms with Gasteiger partial charge in [-0.1, -0.05) is 6.92 Å². The molecule has 1 rings (SSSR count). The fourth-order valence-corrected chi connectivity index (χ4v) is 1.39. The first-order valence-electron chi connectivity index (χ1n) is 5.49. The zero-order valence-corrected chi connectivity index (χ0v) is 9.21. The molecule has 0 radical (unpaired) electrons. The number of carbonyl (C=O) groups excluding carboxylic acids is 1. The normalized spacial score (nSPS) is 18.1. The maximum absolute atomic E-state index is 11.6. The molecule has 1 aliphatic rings. The Morgan fingerprint density at radius 1 is 1.57 bits per heavy atom. The van der Waals surface area contributed by atoms with Crippen LogP contribution in [0.3, 0.4) is 0 Å². The van der Waals surface area contributed by atoms with Gasteiger partial charge in [-0.15, -0.1) is 0 Å². The molecular weight excluding hydrogens is 178 g/mol. The van der Waals surface area contributed by atoms with Crippen molar-refractivity contribution in [3.63, 3.8) is 0 Å². The van der Waals surface area contributed by atoms with E-state index in [0.717, 1.165) is 13.0 Å². The van der Waals surface area contributed by atoms with E-state index in [4.69, 9.17) is 4.74 Å². The molecule has 0 amide bonds. The highest BCUT2D eigenvalue weighted by atomic mass is 16.5. The Balaban J connectivity index is 2.00. The van der Waals surface area contributed by atoms with Gasteiger partial charge in [0.15, 0.2) is 0 Å². The summed E-state index contributed by atoms with van der Waals surface area (Å²) in [6, 6.07) is 0.706. The molecule has 3 nitrogen and oxygen atoms in total. The SMILES string of the molecule is COCCC(C)C(=O)CCNC1CC1. The second-order valence-corrected chi connectivity index (χ2v) is 4.13. The Kier molecular flexibility index (Phi) is 5.12. The molecule has 1 saturated carbocycles. The minimum Gasteiger partial charge on any atom is -0.385 e. The summed E-state index contributed by atoms with van der Waals surface area (Å²) in [5, 5.41) is 3.35. The van der Waals surface area contributed by atoms with E-state index in [9.17, 15) is 4.79 Å². The Hall–Kier alpha value is -0.410. The largest absolute Gasteiger partial charge is 0.385 e. The van der Waals surface area contributed by atoms with Crippen molar-refractivity contribution in [3.8, 4) is 0 Å². The van der Waals surface area contributed by atoms with Crippen molar-refractivity contribution >= 4 is 5.78 Å². The molecule has 0 heterocycles. The molecule has 0 spiro atoms. The molecule has 3 heteroatoms. The van der Waals surface area contributed by atoms with Gasteiger partial charge < -0.3 is 10.1 Å². The number of rotatable bonds is 8. The van der Waals surface area contributed by atoms with Gasteiger partial charge in [0.2, 0.25) is 0 Å². The smallest absolute Gasteiger partial charge is 0.137 e. The minimum atomic E-state index is 0.149. The first-order valence-corrected chi connectivity index (χ1v) is 5.49. The third-order valence-corrected chi connectivity index (χ3v) is 2.69. The zero-order chi connectivity index (χ0) is 10.4. The topological polar surface area (TPSA) is 38.3 Å². The number of Topliss-reactive ketones (excluding diaryl/α,β-unsaturated/α-hetero) is 1. The molecule has 1 aliphatic carbocycles. The Morgan fingerprint density at radius 3 is 2.86 bits per heavy atom. The van der Waals surface area contributed by atoms with E-state index in [1.807, 2.05) is 6.92 Å². The predicted octanol–water partition coefficient (Wildman–Crippen LogP) is 1.37. The standard InChI is InChI=1S/C11H21NO2/c1-9(6-8-14-2)11(13)5-7-12-10-3-4-10/h9-10,12H,3-8H2,1-2H3. The third kappa shape index (κ3) is 4.72. The maximum atomic E-state index is 11.6. The van der Waals surface area contributed by atoms with E-state index >= 15 is 0 Å². The number of ketones is 1. The van der Waals surface area contributed by atoms with Crippen LogP contribution in [0.1, 0.15) is 32.6 Å². The summed E-state index contributed by atoms with van der Waals surface area (Å²) in [4.78, 5) is 11.6. The third-order valence-electron chi connectivity index (χ3n) is 2.69. The second-order valence-electron chi connectivity index (χ2n) is 4.13. The highest BCUT2D eigenvalue weighted by Crippen LogP contribution is 2.18. The van der Waals surface area contributed by atoms with Crippen LogP contribution in [0, 0.1) is 5.92 Å². The van der Waals surface area contributed by atoms with Crippen LogP contribution in [0.15, 0.2) is 0 Å². The lowest BCUT2D eigenvalue weighted by Gasteiger charge is -2.09. The van der Waals surface area contributed by atoms with Crippen LogP contribution in [-0.2, 0) is 9.53 Å². The average Bonchev–Trinajstić information content (AvgIpc) is 2.97. The Labute approximate surface area is 86.2 Å². The first-order chi connectivity index (χ1) is 6.74. The lowest BCUT2D eigenvalue weighted by atomic mass is 10.0. The van der Waals surface area contributed by atoms with Gasteiger partial charge in [-0.05, 0) is 19.3 Å². The van der Waals surface area contributed by atoms with Gasteiger partial charge in [0.1, 0.15) is 5.78 Å². The average molecular weight is 199 g/mol. The molecule has 0 aromatic heterocycles. The quantitative estimate of drug-likeness (QED) is 0.641.